The normalized spacial score (nSPS) is 32.1. The molecule has 2 bridgehead atoms. The van der Waals surface area contributed by atoms with Gasteiger partial charge >= 0.3 is 0 Å². The number of amides is 3. The maximum absolute atomic E-state index is 13.2. The van der Waals surface area contributed by atoms with Crippen LogP contribution in [0.3, 0.4) is 0 Å². The molecule has 7 rings (SSSR count). The summed E-state index contributed by atoms with van der Waals surface area (Å²) >= 11 is 5.81. The summed E-state index contributed by atoms with van der Waals surface area (Å²) in [6.07, 6.45) is 5.42. The molecule has 7 heteroatoms. The molecule has 6 nitrogen and oxygen atoms in total. The topological polar surface area (TPSA) is 86.7 Å². The number of phenols is 1. The summed E-state index contributed by atoms with van der Waals surface area (Å²) in [4.78, 5) is 40.2. The summed E-state index contributed by atoms with van der Waals surface area (Å²) in [5.74, 6) is 0.188. The van der Waals surface area contributed by atoms with E-state index in [1.807, 2.05) is 0 Å². The van der Waals surface area contributed by atoms with Crippen LogP contribution in [0.15, 0.2) is 54.6 Å². The number of allylic oxidation sites excluding steroid dienone is 2. The molecule has 4 aliphatic carbocycles. The Kier molecular flexibility index (Phi) is 3.87. The molecule has 2 aromatic carbocycles. The predicted octanol–water partition coefficient (Wildman–Crippen LogP) is 3.86. The minimum absolute atomic E-state index is 0.122. The molecule has 31 heavy (non-hydrogen) atoms. The molecule has 2 saturated carbocycles. The Bertz CT molecular complexity index is 1140. The Balaban J connectivity index is 1.23. The van der Waals surface area contributed by atoms with Gasteiger partial charge in [0.1, 0.15) is 5.75 Å². The first-order valence-corrected chi connectivity index (χ1v) is 10.8. The van der Waals surface area contributed by atoms with Gasteiger partial charge in [0.25, 0.3) is 5.91 Å². The van der Waals surface area contributed by atoms with Crippen molar-refractivity contribution in [1.29, 1.82) is 0 Å². The molecule has 2 N–H and O–H groups in total. The lowest BCUT2D eigenvalue weighted by atomic mass is 9.63. The van der Waals surface area contributed by atoms with E-state index in [1.54, 1.807) is 30.3 Å². The van der Waals surface area contributed by atoms with Crippen LogP contribution in [0.1, 0.15) is 16.8 Å². The van der Waals surface area contributed by atoms with Crippen LogP contribution >= 0.6 is 11.6 Å². The fraction of sp³-hybridized carbons (Fsp3) is 0.292. The van der Waals surface area contributed by atoms with E-state index in [0.29, 0.717) is 28.1 Å². The van der Waals surface area contributed by atoms with Gasteiger partial charge in [-0.2, -0.15) is 0 Å². The minimum Gasteiger partial charge on any atom is -0.506 e. The summed E-state index contributed by atoms with van der Waals surface area (Å²) in [6, 6.07) is 10.8. The minimum atomic E-state index is -0.417. The van der Waals surface area contributed by atoms with Crippen LogP contribution in [-0.2, 0) is 9.59 Å². The van der Waals surface area contributed by atoms with Crippen molar-refractivity contribution in [3.63, 3.8) is 0 Å². The van der Waals surface area contributed by atoms with E-state index in [4.69, 9.17) is 11.6 Å². The molecule has 3 fully saturated rings. The van der Waals surface area contributed by atoms with Crippen molar-refractivity contribution in [2.75, 3.05) is 10.2 Å². The second kappa shape index (κ2) is 6.44. The van der Waals surface area contributed by atoms with Crippen LogP contribution in [0.2, 0.25) is 5.02 Å². The van der Waals surface area contributed by atoms with E-state index < -0.39 is 5.91 Å². The Morgan fingerprint density at radius 3 is 2.16 bits per heavy atom. The van der Waals surface area contributed by atoms with Crippen molar-refractivity contribution in [2.24, 2.45) is 35.5 Å². The standard InChI is InChI=1S/C24H19ClN2O4/c25-12-3-8-18(19(28)9-12)26-22(29)11-1-4-13(5-2-11)27-23(30)20-14-6-7-15(17-10-16(14)17)21(20)24(27)31/h1-9,14-17,20-21,28H,10H2,(H,26,29). The van der Waals surface area contributed by atoms with Gasteiger partial charge in [-0.1, -0.05) is 23.8 Å². The van der Waals surface area contributed by atoms with E-state index in [0.717, 1.165) is 6.42 Å². The van der Waals surface area contributed by atoms with Gasteiger partial charge in [-0.05, 0) is 66.5 Å². The Morgan fingerprint density at radius 1 is 0.968 bits per heavy atom. The van der Waals surface area contributed by atoms with Crippen LogP contribution in [0.4, 0.5) is 11.4 Å². The summed E-state index contributed by atoms with van der Waals surface area (Å²) in [5, 5.41) is 12.9. The van der Waals surface area contributed by atoms with E-state index in [2.05, 4.69) is 17.5 Å². The van der Waals surface area contributed by atoms with E-state index >= 15 is 0 Å². The molecular weight excluding hydrogens is 416 g/mol. The third kappa shape index (κ3) is 2.67. The van der Waals surface area contributed by atoms with E-state index in [-0.39, 0.29) is 46.9 Å². The van der Waals surface area contributed by atoms with Crippen LogP contribution in [-0.4, -0.2) is 22.8 Å². The predicted molar refractivity (Wildman–Crippen MR) is 115 cm³/mol. The number of nitrogens with one attached hydrogen (secondary N) is 1. The van der Waals surface area contributed by atoms with Gasteiger partial charge in [-0.25, -0.2) is 0 Å². The molecule has 6 atom stereocenters. The maximum Gasteiger partial charge on any atom is 0.255 e. The second-order valence-corrected chi connectivity index (χ2v) is 9.27. The highest BCUT2D eigenvalue weighted by molar-refractivity contribution is 6.30. The first-order chi connectivity index (χ1) is 14.9. The number of carbonyl (C=O) groups is 3. The molecule has 6 unspecified atom stereocenters. The van der Waals surface area contributed by atoms with Crippen molar-refractivity contribution >= 4 is 40.7 Å². The molecule has 0 spiro atoms. The number of nitrogens with zero attached hydrogens (tertiary/aromatic N) is 1. The number of phenolic OH excluding ortho intramolecular Hbond substituents is 1. The zero-order chi connectivity index (χ0) is 21.4. The third-order valence-corrected chi connectivity index (χ3v) is 7.49. The molecule has 0 radical (unpaired) electrons. The van der Waals surface area contributed by atoms with E-state index in [1.165, 1.54) is 17.0 Å². The van der Waals surface area contributed by atoms with Crippen molar-refractivity contribution in [1.82, 2.24) is 0 Å². The van der Waals surface area contributed by atoms with Crippen LogP contribution < -0.4 is 10.2 Å². The van der Waals surface area contributed by atoms with Crippen molar-refractivity contribution in [3.8, 4) is 5.75 Å². The van der Waals surface area contributed by atoms with Crippen LogP contribution in [0.5, 0.6) is 5.75 Å². The summed E-state index contributed by atoms with van der Waals surface area (Å²) in [6.45, 7) is 0. The molecule has 3 amide bonds. The van der Waals surface area contributed by atoms with Crippen LogP contribution in [0, 0.1) is 35.5 Å². The molecule has 156 valence electrons. The first-order valence-electron chi connectivity index (χ1n) is 10.4. The van der Waals surface area contributed by atoms with Gasteiger partial charge in [-0.3, -0.25) is 19.3 Å². The molecule has 1 saturated heterocycles. The van der Waals surface area contributed by atoms with Gasteiger partial charge < -0.3 is 10.4 Å². The number of hydrogen-bond donors (Lipinski definition) is 2. The van der Waals surface area contributed by atoms with Crippen molar-refractivity contribution in [3.05, 3.63) is 65.2 Å². The fourth-order valence-corrected chi connectivity index (χ4v) is 5.94. The zero-order valence-electron chi connectivity index (χ0n) is 16.4. The number of carbonyl (C=O) groups excluding carboxylic acids is 3. The second-order valence-electron chi connectivity index (χ2n) is 8.83. The highest BCUT2D eigenvalue weighted by atomic mass is 35.5. The van der Waals surface area contributed by atoms with Gasteiger partial charge in [-0.15, -0.1) is 0 Å². The Labute approximate surface area is 183 Å². The smallest absolute Gasteiger partial charge is 0.255 e. The van der Waals surface area contributed by atoms with Crippen LogP contribution in [0.25, 0.3) is 0 Å². The van der Waals surface area contributed by atoms with Gasteiger partial charge in [0.15, 0.2) is 0 Å². The quantitative estimate of drug-likeness (QED) is 0.436. The number of rotatable bonds is 3. The SMILES string of the molecule is O=C(Nc1ccc(Cl)cc1O)c1ccc(N2C(=O)C3C4C=CC(C5CC45)C3C2=O)cc1. The number of aromatic hydroxyl groups is 1. The first kappa shape index (κ1) is 18.6. The number of halogens is 1. The third-order valence-electron chi connectivity index (χ3n) is 7.26. The lowest BCUT2D eigenvalue weighted by molar-refractivity contribution is -0.124. The highest BCUT2D eigenvalue weighted by Gasteiger charge is 2.67. The average molecular weight is 435 g/mol. The summed E-state index contributed by atoms with van der Waals surface area (Å²) in [5.41, 5.74) is 1.08. The summed E-state index contributed by atoms with van der Waals surface area (Å²) < 4.78 is 0. The monoisotopic (exact) mass is 434 g/mol. The summed E-state index contributed by atoms with van der Waals surface area (Å²) in [7, 11) is 0. The average Bonchev–Trinajstić information content (AvgIpc) is 3.54. The van der Waals surface area contributed by atoms with Gasteiger partial charge in [0, 0.05) is 16.7 Å². The van der Waals surface area contributed by atoms with Crippen molar-refractivity contribution < 1.29 is 19.5 Å². The number of anilines is 2. The lowest BCUT2D eigenvalue weighted by Crippen LogP contribution is -2.40. The van der Waals surface area contributed by atoms with E-state index in [9.17, 15) is 19.5 Å². The zero-order valence-corrected chi connectivity index (χ0v) is 17.1. The Morgan fingerprint density at radius 2 is 1.58 bits per heavy atom. The van der Waals surface area contributed by atoms with Crippen molar-refractivity contribution in [2.45, 2.75) is 6.42 Å². The fourth-order valence-electron chi connectivity index (χ4n) is 5.78. The number of imide groups is 1. The molecular formula is C24H19ClN2O4. The molecule has 0 aromatic heterocycles. The van der Waals surface area contributed by atoms with Gasteiger partial charge in [0.2, 0.25) is 11.8 Å². The maximum atomic E-state index is 13.2. The number of hydrogen-bond acceptors (Lipinski definition) is 4. The Hall–Kier alpha value is -3.12. The van der Waals surface area contributed by atoms with Gasteiger partial charge in [0.05, 0.1) is 23.2 Å². The molecule has 1 aliphatic heterocycles. The molecule has 1 heterocycles. The molecule has 2 aromatic rings. The lowest BCUT2D eigenvalue weighted by Gasteiger charge is -2.37. The molecule has 5 aliphatic rings. The largest absolute Gasteiger partial charge is 0.506 e. The number of benzene rings is 2. The highest BCUT2D eigenvalue weighted by Crippen LogP contribution is 2.65.